The number of halogens is 2. The number of rotatable bonds is 6. The van der Waals surface area contributed by atoms with Gasteiger partial charge in [-0.05, 0) is 30.7 Å². The zero-order chi connectivity index (χ0) is 16.1. The number of nitro groups is 1. The topological polar surface area (TPSA) is 77.3 Å². The highest BCUT2D eigenvalue weighted by molar-refractivity contribution is 5.58. The molecule has 1 aromatic heterocycles. The Hall–Kier alpha value is -2.77. The molecule has 2 aromatic rings. The van der Waals surface area contributed by atoms with Crippen LogP contribution in [0.3, 0.4) is 0 Å². The molecule has 0 aliphatic rings. The number of nitro benzene ring substituents is 1. The Morgan fingerprint density at radius 3 is 2.55 bits per heavy atom. The molecule has 0 spiro atoms. The van der Waals surface area contributed by atoms with Crippen molar-refractivity contribution in [2.45, 2.75) is 19.6 Å². The molecule has 8 heteroatoms. The molecule has 1 atom stereocenters. The average Bonchev–Trinajstić information content (AvgIpc) is 2.47. The van der Waals surface area contributed by atoms with Gasteiger partial charge in [-0.2, -0.15) is 8.78 Å². The molecule has 1 N–H and O–H groups in total. The van der Waals surface area contributed by atoms with Crippen molar-refractivity contribution in [3.05, 3.63) is 58.4 Å². The van der Waals surface area contributed by atoms with Crippen molar-refractivity contribution in [3.63, 3.8) is 0 Å². The van der Waals surface area contributed by atoms with Crippen molar-refractivity contribution in [2.24, 2.45) is 0 Å². The molecule has 0 saturated heterocycles. The van der Waals surface area contributed by atoms with Crippen LogP contribution in [0.5, 0.6) is 5.75 Å². The largest absolute Gasteiger partial charge is 0.427 e. The van der Waals surface area contributed by atoms with Gasteiger partial charge in [-0.1, -0.05) is 0 Å². The summed E-state index contributed by atoms with van der Waals surface area (Å²) in [7, 11) is 0. The maximum Gasteiger partial charge on any atom is 0.387 e. The predicted molar refractivity (Wildman–Crippen MR) is 76.0 cm³/mol. The Balaban J connectivity index is 2.23. The highest BCUT2D eigenvalue weighted by atomic mass is 19.3. The van der Waals surface area contributed by atoms with Crippen molar-refractivity contribution < 1.29 is 18.4 Å². The highest BCUT2D eigenvalue weighted by Crippen LogP contribution is 2.32. The lowest BCUT2D eigenvalue weighted by Gasteiger charge is -2.16. The number of pyridine rings is 1. The van der Waals surface area contributed by atoms with Crippen molar-refractivity contribution >= 4 is 11.4 Å². The van der Waals surface area contributed by atoms with Crippen LogP contribution >= 0.6 is 0 Å². The number of hydrogen-bond donors (Lipinski definition) is 1. The van der Waals surface area contributed by atoms with E-state index in [1.165, 1.54) is 12.1 Å². The second-order valence-electron chi connectivity index (χ2n) is 4.46. The Bertz CT molecular complexity index is 653. The normalized spacial score (nSPS) is 12.0. The highest BCUT2D eigenvalue weighted by Gasteiger charge is 2.19. The summed E-state index contributed by atoms with van der Waals surface area (Å²) in [6, 6.07) is 7.22. The fraction of sp³-hybridized carbons (Fsp3) is 0.214. The van der Waals surface area contributed by atoms with Crippen LogP contribution in [0, 0.1) is 10.1 Å². The van der Waals surface area contributed by atoms with E-state index in [9.17, 15) is 18.9 Å². The van der Waals surface area contributed by atoms with E-state index >= 15 is 0 Å². The summed E-state index contributed by atoms with van der Waals surface area (Å²) in [4.78, 5) is 13.9. The van der Waals surface area contributed by atoms with E-state index in [1.807, 2.05) is 6.92 Å². The van der Waals surface area contributed by atoms with Crippen LogP contribution in [0.25, 0.3) is 0 Å². The molecule has 0 radical (unpaired) electrons. The fourth-order valence-electron chi connectivity index (χ4n) is 1.93. The molecular weight excluding hydrogens is 296 g/mol. The van der Waals surface area contributed by atoms with Gasteiger partial charge in [0, 0.05) is 36.3 Å². The van der Waals surface area contributed by atoms with Crippen LogP contribution in [0.15, 0.2) is 42.7 Å². The summed E-state index contributed by atoms with van der Waals surface area (Å²) in [6.45, 7) is -1.27. The molecule has 0 aliphatic carbocycles. The molecule has 116 valence electrons. The van der Waals surface area contributed by atoms with Crippen molar-refractivity contribution in [1.82, 2.24) is 4.98 Å². The van der Waals surface area contributed by atoms with Crippen LogP contribution in [-0.4, -0.2) is 16.5 Å². The standard InChI is InChI=1S/C14H13F2N3O3/c1-9(10-4-6-17-7-5-10)18-11-2-3-12(19(20)21)13(8-11)22-14(15)16/h2-9,14,18H,1H3/t9-/m1/s1. The lowest BCUT2D eigenvalue weighted by Crippen LogP contribution is -2.08. The smallest absolute Gasteiger partial charge is 0.387 e. The van der Waals surface area contributed by atoms with E-state index in [1.54, 1.807) is 24.5 Å². The minimum absolute atomic E-state index is 0.135. The van der Waals surface area contributed by atoms with Gasteiger partial charge in [-0.3, -0.25) is 15.1 Å². The SMILES string of the molecule is C[C@@H](Nc1ccc([N+](=O)[O-])c(OC(F)F)c1)c1ccncc1. The van der Waals surface area contributed by atoms with Gasteiger partial charge in [-0.25, -0.2) is 0 Å². The summed E-state index contributed by atoms with van der Waals surface area (Å²) >= 11 is 0. The first-order valence-electron chi connectivity index (χ1n) is 6.37. The molecule has 1 heterocycles. The molecule has 0 fully saturated rings. The van der Waals surface area contributed by atoms with E-state index in [0.29, 0.717) is 5.69 Å². The Labute approximate surface area is 124 Å². The summed E-state index contributed by atoms with van der Waals surface area (Å²) in [5, 5.41) is 13.9. The number of ether oxygens (including phenoxy) is 1. The maximum absolute atomic E-state index is 12.4. The third-order valence-electron chi connectivity index (χ3n) is 2.96. The molecule has 0 saturated carbocycles. The molecular formula is C14H13F2N3O3. The number of alkyl halides is 2. The molecule has 0 aliphatic heterocycles. The third-order valence-corrected chi connectivity index (χ3v) is 2.96. The van der Waals surface area contributed by atoms with E-state index in [4.69, 9.17) is 0 Å². The van der Waals surface area contributed by atoms with Crippen LogP contribution in [-0.2, 0) is 0 Å². The van der Waals surface area contributed by atoms with Gasteiger partial charge in [0.25, 0.3) is 0 Å². The van der Waals surface area contributed by atoms with E-state index in [2.05, 4.69) is 15.0 Å². The van der Waals surface area contributed by atoms with Gasteiger partial charge < -0.3 is 10.1 Å². The van der Waals surface area contributed by atoms with Crippen LogP contribution in [0.4, 0.5) is 20.2 Å². The van der Waals surface area contributed by atoms with Gasteiger partial charge >= 0.3 is 12.3 Å². The third kappa shape index (κ3) is 3.87. The fourth-order valence-corrected chi connectivity index (χ4v) is 1.93. The monoisotopic (exact) mass is 309 g/mol. The number of benzene rings is 1. The Kier molecular flexibility index (Phi) is 4.82. The van der Waals surface area contributed by atoms with Crippen molar-refractivity contribution in [2.75, 3.05) is 5.32 Å². The number of hydrogen-bond acceptors (Lipinski definition) is 5. The minimum Gasteiger partial charge on any atom is -0.427 e. The minimum atomic E-state index is -3.13. The first-order valence-corrected chi connectivity index (χ1v) is 6.37. The van der Waals surface area contributed by atoms with Crippen LogP contribution in [0.1, 0.15) is 18.5 Å². The molecule has 0 unspecified atom stereocenters. The van der Waals surface area contributed by atoms with Gasteiger partial charge in [0.05, 0.1) is 4.92 Å². The summed E-state index contributed by atoms with van der Waals surface area (Å²) in [5.74, 6) is -0.480. The van der Waals surface area contributed by atoms with Gasteiger partial charge in [0.15, 0.2) is 0 Å². The van der Waals surface area contributed by atoms with Gasteiger partial charge in [0.2, 0.25) is 5.75 Å². The molecule has 6 nitrogen and oxygen atoms in total. The zero-order valence-electron chi connectivity index (χ0n) is 11.6. The molecule has 1 aromatic carbocycles. The van der Waals surface area contributed by atoms with E-state index in [0.717, 1.165) is 11.6 Å². The second kappa shape index (κ2) is 6.79. The average molecular weight is 309 g/mol. The molecule has 0 amide bonds. The lowest BCUT2D eigenvalue weighted by atomic mass is 10.1. The Morgan fingerprint density at radius 2 is 1.95 bits per heavy atom. The van der Waals surface area contributed by atoms with E-state index in [-0.39, 0.29) is 6.04 Å². The van der Waals surface area contributed by atoms with Crippen molar-refractivity contribution in [1.29, 1.82) is 0 Å². The van der Waals surface area contributed by atoms with Gasteiger partial charge in [0.1, 0.15) is 0 Å². The van der Waals surface area contributed by atoms with E-state index < -0.39 is 23.0 Å². The number of anilines is 1. The number of aromatic nitrogens is 1. The summed E-state index contributed by atoms with van der Waals surface area (Å²) < 4.78 is 28.9. The summed E-state index contributed by atoms with van der Waals surface area (Å²) in [5.41, 5.74) is 0.859. The molecule has 0 bridgehead atoms. The number of nitrogens with zero attached hydrogens (tertiary/aromatic N) is 2. The molecule has 22 heavy (non-hydrogen) atoms. The predicted octanol–water partition coefficient (Wildman–Crippen LogP) is 3.76. The van der Waals surface area contributed by atoms with Crippen LogP contribution in [0.2, 0.25) is 0 Å². The van der Waals surface area contributed by atoms with Gasteiger partial charge in [-0.15, -0.1) is 0 Å². The first-order chi connectivity index (χ1) is 10.5. The van der Waals surface area contributed by atoms with Crippen molar-refractivity contribution in [3.8, 4) is 5.75 Å². The quantitative estimate of drug-likeness (QED) is 0.649. The maximum atomic E-state index is 12.4. The Morgan fingerprint density at radius 1 is 1.27 bits per heavy atom. The zero-order valence-corrected chi connectivity index (χ0v) is 11.6. The lowest BCUT2D eigenvalue weighted by molar-refractivity contribution is -0.386. The van der Waals surface area contributed by atoms with Crippen LogP contribution < -0.4 is 10.1 Å². The second-order valence-corrected chi connectivity index (χ2v) is 4.46. The molecule has 2 rings (SSSR count). The summed E-state index contributed by atoms with van der Waals surface area (Å²) in [6.07, 6.45) is 3.27. The first kappa shape index (κ1) is 15.6. The number of nitrogens with one attached hydrogen (secondary N) is 1.